The highest BCUT2D eigenvalue weighted by atomic mass is 16.5. The van der Waals surface area contributed by atoms with Crippen molar-refractivity contribution >= 4 is 10.9 Å². The molecule has 1 aromatic heterocycles. The number of rotatable bonds is 3. The van der Waals surface area contributed by atoms with E-state index in [0.29, 0.717) is 6.61 Å². The summed E-state index contributed by atoms with van der Waals surface area (Å²) < 4.78 is 5.10. The fraction of sp³-hybridized carbons (Fsp3) is 0.308. The Hall–Kier alpha value is -1.45. The van der Waals surface area contributed by atoms with Crippen LogP contribution in [0.4, 0.5) is 0 Å². The first-order valence-electron chi connectivity index (χ1n) is 5.33. The maximum absolute atomic E-state index is 6.09. The minimum absolute atomic E-state index is 0.100. The van der Waals surface area contributed by atoms with Crippen molar-refractivity contribution < 1.29 is 4.74 Å². The molecule has 16 heavy (non-hydrogen) atoms. The summed E-state index contributed by atoms with van der Waals surface area (Å²) in [6, 6.07) is 9.98. The van der Waals surface area contributed by atoms with Gasteiger partial charge in [0.2, 0.25) is 0 Å². The second-order valence-electron chi connectivity index (χ2n) is 3.93. The summed E-state index contributed by atoms with van der Waals surface area (Å²) in [4.78, 5) is 4.48. The van der Waals surface area contributed by atoms with E-state index in [-0.39, 0.29) is 6.04 Å². The number of aromatic nitrogens is 1. The number of pyridine rings is 1. The molecule has 0 fully saturated rings. The molecule has 0 saturated carbocycles. The van der Waals surface area contributed by atoms with Gasteiger partial charge in [0, 0.05) is 18.2 Å². The lowest BCUT2D eigenvalue weighted by atomic mass is 10.0. The third-order valence-corrected chi connectivity index (χ3v) is 2.62. The minimum Gasteiger partial charge on any atom is -0.383 e. The monoisotopic (exact) mass is 216 g/mol. The van der Waals surface area contributed by atoms with E-state index >= 15 is 0 Å². The van der Waals surface area contributed by atoms with E-state index in [0.717, 1.165) is 22.2 Å². The fourth-order valence-electron chi connectivity index (χ4n) is 1.92. The van der Waals surface area contributed by atoms with Crippen LogP contribution in [0.3, 0.4) is 0 Å². The Morgan fingerprint density at radius 3 is 2.88 bits per heavy atom. The predicted molar refractivity (Wildman–Crippen MR) is 65.3 cm³/mol. The average molecular weight is 216 g/mol. The van der Waals surface area contributed by atoms with E-state index in [1.165, 1.54) is 0 Å². The molecule has 0 bridgehead atoms. The van der Waals surface area contributed by atoms with Crippen LogP contribution in [0.15, 0.2) is 30.3 Å². The molecule has 2 N–H and O–H groups in total. The number of benzene rings is 1. The summed E-state index contributed by atoms with van der Waals surface area (Å²) in [5, 5.41) is 1.11. The van der Waals surface area contributed by atoms with Gasteiger partial charge in [-0.3, -0.25) is 4.98 Å². The second kappa shape index (κ2) is 4.60. The Morgan fingerprint density at radius 2 is 2.12 bits per heavy atom. The zero-order chi connectivity index (χ0) is 11.5. The number of fused-ring (bicyclic) bond motifs is 1. The van der Waals surface area contributed by atoms with Crippen molar-refractivity contribution in [1.82, 2.24) is 4.98 Å². The molecule has 2 aromatic rings. The van der Waals surface area contributed by atoms with E-state index in [1.807, 2.05) is 37.3 Å². The molecule has 0 spiro atoms. The lowest BCUT2D eigenvalue weighted by molar-refractivity contribution is 0.181. The first kappa shape index (κ1) is 11.0. The number of methoxy groups -OCH3 is 1. The Balaban J connectivity index is 2.58. The van der Waals surface area contributed by atoms with E-state index in [4.69, 9.17) is 10.5 Å². The van der Waals surface area contributed by atoms with Gasteiger partial charge in [-0.05, 0) is 24.6 Å². The first-order chi connectivity index (χ1) is 7.72. The van der Waals surface area contributed by atoms with Gasteiger partial charge in [-0.25, -0.2) is 0 Å². The molecule has 0 saturated heterocycles. The molecule has 2 rings (SSSR count). The van der Waals surface area contributed by atoms with E-state index < -0.39 is 0 Å². The fourth-order valence-corrected chi connectivity index (χ4v) is 1.92. The van der Waals surface area contributed by atoms with Crippen LogP contribution < -0.4 is 5.73 Å². The van der Waals surface area contributed by atoms with E-state index in [9.17, 15) is 0 Å². The third-order valence-electron chi connectivity index (χ3n) is 2.62. The quantitative estimate of drug-likeness (QED) is 0.855. The van der Waals surface area contributed by atoms with Crippen LogP contribution in [0, 0.1) is 6.92 Å². The Kier molecular flexibility index (Phi) is 3.17. The number of ether oxygens (including phenoxy) is 1. The summed E-state index contributed by atoms with van der Waals surface area (Å²) in [7, 11) is 1.66. The SMILES string of the molecule is COCC(N)c1cc(C)nc2ccccc12. The molecule has 1 unspecified atom stereocenters. The number of hydrogen-bond donors (Lipinski definition) is 1. The highest BCUT2D eigenvalue weighted by Crippen LogP contribution is 2.22. The first-order valence-corrected chi connectivity index (χ1v) is 5.33. The highest BCUT2D eigenvalue weighted by molar-refractivity contribution is 5.82. The lowest BCUT2D eigenvalue weighted by Crippen LogP contribution is -2.16. The average Bonchev–Trinajstić information content (AvgIpc) is 2.28. The highest BCUT2D eigenvalue weighted by Gasteiger charge is 2.10. The van der Waals surface area contributed by atoms with Crippen molar-refractivity contribution in [3.05, 3.63) is 41.6 Å². The molecule has 0 aliphatic rings. The Bertz CT molecular complexity index is 496. The number of nitrogens with two attached hydrogens (primary N) is 1. The Morgan fingerprint density at radius 1 is 1.38 bits per heavy atom. The summed E-state index contributed by atoms with van der Waals surface area (Å²) in [6.45, 7) is 2.50. The number of nitrogens with zero attached hydrogens (tertiary/aromatic N) is 1. The maximum atomic E-state index is 6.09. The molecule has 3 nitrogen and oxygen atoms in total. The van der Waals surface area contributed by atoms with Gasteiger partial charge in [0.1, 0.15) is 0 Å². The van der Waals surface area contributed by atoms with Crippen LogP contribution in [0.25, 0.3) is 10.9 Å². The normalized spacial score (nSPS) is 12.9. The van der Waals surface area contributed by atoms with Gasteiger partial charge < -0.3 is 10.5 Å². The van der Waals surface area contributed by atoms with Crippen LogP contribution >= 0.6 is 0 Å². The summed E-state index contributed by atoms with van der Waals surface area (Å²) >= 11 is 0. The Labute approximate surface area is 95.2 Å². The van der Waals surface area contributed by atoms with Gasteiger partial charge in [-0.1, -0.05) is 18.2 Å². The van der Waals surface area contributed by atoms with Crippen LogP contribution in [-0.4, -0.2) is 18.7 Å². The maximum Gasteiger partial charge on any atom is 0.0708 e. The number of para-hydroxylation sites is 1. The van der Waals surface area contributed by atoms with Crippen LogP contribution in [0.1, 0.15) is 17.3 Å². The van der Waals surface area contributed by atoms with E-state index in [2.05, 4.69) is 4.98 Å². The van der Waals surface area contributed by atoms with Crippen LogP contribution in [0.2, 0.25) is 0 Å². The largest absolute Gasteiger partial charge is 0.383 e. The van der Waals surface area contributed by atoms with Gasteiger partial charge in [0.15, 0.2) is 0 Å². The van der Waals surface area contributed by atoms with Crippen LogP contribution in [-0.2, 0) is 4.74 Å². The molecule has 1 aromatic carbocycles. The predicted octanol–water partition coefficient (Wildman–Crippen LogP) is 2.19. The van der Waals surface area contributed by atoms with Gasteiger partial charge in [0.05, 0.1) is 18.2 Å². The zero-order valence-electron chi connectivity index (χ0n) is 9.60. The standard InChI is InChI=1S/C13H16N2O/c1-9-7-11(12(14)8-16-2)10-5-3-4-6-13(10)15-9/h3-7,12H,8,14H2,1-2H3. The van der Waals surface area contributed by atoms with Gasteiger partial charge in [-0.2, -0.15) is 0 Å². The van der Waals surface area contributed by atoms with Gasteiger partial charge in [0.25, 0.3) is 0 Å². The topological polar surface area (TPSA) is 48.1 Å². The molecular weight excluding hydrogens is 200 g/mol. The van der Waals surface area contributed by atoms with Gasteiger partial charge >= 0.3 is 0 Å². The summed E-state index contributed by atoms with van der Waals surface area (Å²) in [5.41, 5.74) is 9.17. The number of aryl methyl sites for hydroxylation is 1. The summed E-state index contributed by atoms with van der Waals surface area (Å²) in [6.07, 6.45) is 0. The van der Waals surface area contributed by atoms with Crippen molar-refractivity contribution in [2.24, 2.45) is 5.73 Å². The van der Waals surface area contributed by atoms with Gasteiger partial charge in [-0.15, -0.1) is 0 Å². The molecule has 0 aliphatic heterocycles. The third kappa shape index (κ3) is 2.05. The molecule has 1 heterocycles. The van der Waals surface area contributed by atoms with E-state index in [1.54, 1.807) is 7.11 Å². The van der Waals surface area contributed by atoms with Crippen molar-refractivity contribution in [3.63, 3.8) is 0 Å². The molecule has 0 aliphatic carbocycles. The zero-order valence-corrected chi connectivity index (χ0v) is 9.60. The van der Waals surface area contributed by atoms with Crippen molar-refractivity contribution in [2.45, 2.75) is 13.0 Å². The van der Waals surface area contributed by atoms with Crippen molar-refractivity contribution in [3.8, 4) is 0 Å². The summed E-state index contributed by atoms with van der Waals surface area (Å²) in [5.74, 6) is 0. The molecular formula is C13H16N2O. The second-order valence-corrected chi connectivity index (χ2v) is 3.93. The number of hydrogen-bond acceptors (Lipinski definition) is 3. The van der Waals surface area contributed by atoms with Crippen molar-refractivity contribution in [2.75, 3.05) is 13.7 Å². The molecule has 84 valence electrons. The minimum atomic E-state index is -0.100. The molecule has 3 heteroatoms. The van der Waals surface area contributed by atoms with Crippen LogP contribution in [0.5, 0.6) is 0 Å². The molecule has 0 radical (unpaired) electrons. The van der Waals surface area contributed by atoms with Crippen molar-refractivity contribution in [1.29, 1.82) is 0 Å². The lowest BCUT2D eigenvalue weighted by Gasteiger charge is -2.14. The molecule has 1 atom stereocenters. The smallest absolute Gasteiger partial charge is 0.0708 e. The molecule has 0 amide bonds.